The van der Waals surface area contributed by atoms with Gasteiger partial charge in [0, 0.05) is 10.6 Å². The number of ketones is 1. The van der Waals surface area contributed by atoms with E-state index in [4.69, 9.17) is 11.6 Å². The molecule has 1 saturated carbocycles. The summed E-state index contributed by atoms with van der Waals surface area (Å²) in [6.45, 7) is 1.58. The van der Waals surface area contributed by atoms with Crippen LogP contribution in [0.3, 0.4) is 0 Å². The topological polar surface area (TPSA) is 17.1 Å². The van der Waals surface area contributed by atoms with Gasteiger partial charge in [0.25, 0.3) is 0 Å². The van der Waals surface area contributed by atoms with E-state index in [1.807, 2.05) is 12.1 Å². The van der Waals surface area contributed by atoms with Gasteiger partial charge in [-0.1, -0.05) is 11.6 Å². The lowest BCUT2D eigenvalue weighted by Gasteiger charge is -2.03. The minimum atomic E-state index is 0.110. The van der Waals surface area contributed by atoms with Crippen LogP contribution < -0.4 is 0 Å². The fourth-order valence-corrected chi connectivity index (χ4v) is 1.74. The molecule has 0 radical (unpaired) electrons. The summed E-state index contributed by atoms with van der Waals surface area (Å²) in [7, 11) is 0. The molecule has 0 aromatic heterocycles. The normalized spacial score (nSPS) is 15.8. The molecular formula is C11H11ClO. The Kier molecular flexibility index (Phi) is 2.12. The third-order valence-corrected chi connectivity index (χ3v) is 2.76. The highest BCUT2D eigenvalue weighted by Gasteiger charge is 2.26. The van der Waals surface area contributed by atoms with Gasteiger partial charge >= 0.3 is 0 Å². The standard InChI is InChI=1S/C11H11ClO/c1-7(13)9-4-5-11(12)10(6-9)8-2-3-8/h4-6,8H,2-3H2,1H3. The van der Waals surface area contributed by atoms with Gasteiger partial charge in [0.05, 0.1) is 0 Å². The van der Waals surface area contributed by atoms with E-state index in [1.165, 1.54) is 12.8 Å². The molecule has 0 unspecified atom stereocenters. The number of hydrogen-bond acceptors (Lipinski definition) is 1. The molecule has 0 spiro atoms. The molecule has 13 heavy (non-hydrogen) atoms. The average molecular weight is 195 g/mol. The van der Waals surface area contributed by atoms with Crippen LogP contribution >= 0.6 is 11.6 Å². The van der Waals surface area contributed by atoms with Gasteiger partial charge in [-0.05, 0) is 49.4 Å². The fourth-order valence-electron chi connectivity index (χ4n) is 1.47. The maximum atomic E-state index is 11.1. The largest absolute Gasteiger partial charge is 0.295 e. The lowest BCUT2D eigenvalue weighted by atomic mass is 10.1. The summed E-state index contributed by atoms with van der Waals surface area (Å²) in [6, 6.07) is 5.55. The van der Waals surface area contributed by atoms with Gasteiger partial charge in [-0.25, -0.2) is 0 Å². The maximum absolute atomic E-state index is 11.1. The molecule has 0 saturated heterocycles. The molecule has 1 aliphatic carbocycles. The van der Waals surface area contributed by atoms with Crippen LogP contribution in [0.4, 0.5) is 0 Å². The zero-order valence-electron chi connectivity index (χ0n) is 7.51. The van der Waals surface area contributed by atoms with Gasteiger partial charge in [-0.15, -0.1) is 0 Å². The van der Waals surface area contributed by atoms with Crippen molar-refractivity contribution in [2.75, 3.05) is 0 Å². The Balaban J connectivity index is 2.41. The Bertz CT molecular complexity index is 353. The van der Waals surface area contributed by atoms with Gasteiger partial charge in [0.15, 0.2) is 5.78 Å². The molecule has 2 rings (SSSR count). The Morgan fingerprint density at radius 2 is 2.15 bits per heavy atom. The Hall–Kier alpha value is -0.820. The van der Waals surface area contributed by atoms with Crippen molar-refractivity contribution in [3.63, 3.8) is 0 Å². The van der Waals surface area contributed by atoms with Crippen LogP contribution in [0, 0.1) is 0 Å². The molecule has 0 bridgehead atoms. The lowest BCUT2D eigenvalue weighted by Crippen LogP contribution is -1.93. The predicted octanol–water partition coefficient (Wildman–Crippen LogP) is 3.42. The summed E-state index contributed by atoms with van der Waals surface area (Å²) in [5.74, 6) is 0.713. The molecule has 1 aromatic carbocycles. The zero-order chi connectivity index (χ0) is 9.42. The number of carbonyl (C=O) groups excluding carboxylic acids is 1. The second-order valence-electron chi connectivity index (χ2n) is 3.57. The minimum Gasteiger partial charge on any atom is -0.295 e. The Labute approximate surface area is 82.7 Å². The van der Waals surface area contributed by atoms with Gasteiger partial charge < -0.3 is 0 Å². The van der Waals surface area contributed by atoms with Crippen molar-refractivity contribution >= 4 is 17.4 Å². The van der Waals surface area contributed by atoms with Crippen molar-refractivity contribution in [2.45, 2.75) is 25.7 Å². The summed E-state index contributed by atoms with van der Waals surface area (Å²) in [4.78, 5) is 11.1. The number of carbonyl (C=O) groups is 1. The molecule has 2 heteroatoms. The van der Waals surface area contributed by atoms with Crippen molar-refractivity contribution in [3.8, 4) is 0 Å². The van der Waals surface area contributed by atoms with Gasteiger partial charge in [-0.2, -0.15) is 0 Å². The lowest BCUT2D eigenvalue weighted by molar-refractivity contribution is 0.101. The number of Topliss-reactive ketones (excluding diaryl/α,β-unsaturated/α-hetero) is 1. The monoisotopic (exact) mass is 194 g/mol. The first-order valence-electron chi connectivity index (χ1n) is 4.49. The number of benzene rings is 1. The SMILES string of the molecule is CC(=O)c1ccc(Cl)c(C2CC2)c1. The van der Waals surface area contributed by atoms with Crippen LogP contribution in [0.5, 0.6) is 0 Å². The van der Waals surface area contributed by atoms with E-state index < -0.39 is 0 Å². The Morgan fingerprint density at radius 3 is 2.69 bits per heavy atom. The van der Waals surface area contributed by atoms with E-state index in [0.29, 0.717) is 5.92 Å². The highest BCUT2D eigenvalue weighted by atomic mass is 35.5. The molecule has 1 aliphatic rings. The highest BCUT2D eigenvalue weighted by Crippen LogP contribution is 2.43. The molecule has 1 aromatic rings. The molecule has 0 amide bonds. The van der Waals surface area contributed by atoms with E-state index in [1.54, 1.807) is 13.0 Å². The number of halogens is 1. The van der Waals surface area contributed by atoms with Crippen LogP contribution in [-0.4, -0.2) is 5.78 Å². The van der Waals surface area contributed by atoms with Crippen LogP contribution in [0.15, 0.2) is 18.2 Å². The van der Waals surface area contributed by atoms with Crippen LogP contribution in [0.2, 0.25) is 5.02 Å². The Morgan fingerprint density at radius 1 is 1.46 bits per heavy atom. The first-order valence-corrected chi connectivity index (χ1v) is 4.86. The van der Waals surface area contributed by atoms with E-state index in [-0.39, 0.29) is 5.78 Å². The first-order chi connectivity index (χ1) is 6.18. The number of rotatable bonds is 2. The zero-order valence-corrected chi connectivity index (χ0v) is 8.27. The van der Waals surface area contributed by atoms with E-state index in [0.717, 1.165) is 16.1 Å². The quantitative estimate of drug-likeness (QED) is 0.660. The highest BCUT2D eigenvalue weighted by molar-refractivity contribution is 6.31. The van der Waals surface area contributed by atoms with Crippen LogP contribution in [0.25, 0.3) is 0 Å². The molecule has 0 N–H and O–H groups in total. The smallest absolute Gasteiger partial charge is 0.159 e. The van der Waals surface area contributed by atoms with Crippen molar-refractivity contribution in [1.29, 1.82) is 0 Å². The number of hydrogen-bond donors (Lipinski definition) is 0. The predicted molar refractivity (Wildman–Crippen MR) is 53.4 cm³/mol. The summed E-state index contributed by atoms with van der Waals surface area (Å²) < 4.78 is 0. The van der Waals surface area contributed by atoms with Gasteiger partial charge in [0.2, 0.25) is 0 Å². The van der Waals surface area contributed by atoms with E-state index in [2.05, 4.69) is 0 Å². The van der Waals surface area contributed by atoms with Gasteiger partial charge in [0.1, 0.15) is 0 Å². The second-order valence-corrected chi connectivity index (χ2v) is 3.97. The van der Waals surface area contributed by atoms with Crippen LogP contribution in [0.1, 0.15) is 41.6 Å². The summed E-state index contributed by atoms with van der Waals surface area (Å²) in [6.07, 6.45) is 2.42. The summed E-state index contributed by atoms with van der Waals surface area (Å²) in [5.41, 5.74) is 1.92. The molecule has 0 heterocycles. The van der Waals surface area contributed by atoms with Crippen molar-refractivity contribution < 1.29 is 4.79 Å². The fraction of sp³-hybridized carbons (Fsp3) is 0.364. The van der Waals surface area contributed by atoms with Gasteiger partial charge in [-0.3, -0.25) is 4.79 Å². The maximum Gasteiger partial charge on any atom is 0.159 e. The first kappa shape index (κ1) is 8.76. The van der Waals surface area contributed by atoms with Crippen molar-refractivity contribution in [1.82, 2.24) is 0 Å². The van der Waals surface area contributed by atoms with E-state index in [9.17, 15) is 4.79 Å². The molecular weight excluding hydrogens is 184 g/mol. The third kappa shape index (κ3) is 1.75. The third-order valence-electron chi connectivity index (χ3n) is 2.42. The molecule has 0 atom stereocenters. The van der Waals surface area contributed by atoms with Crippen molar-refractivity contribution in [3.05, 3.63) is 34.3 Å². The molecule has 1 fully saturated rings. The van der Waals surface area contributed by atoms with Crippen molar-refractivity contribution in [2.24, 2.45) is 0 Å². The van der Waals surface area contributed by atoms with E-state index >= 15 is 0 Å². The average Bonchev–Trinajstić information content (AvgIpc) is 2.87. The molecule has 0 aliphatic heterocycles. The summed E-state index contributed by atoms with van der Waals surface area (Å²) >= 11 is 6.02. The minimum absolute atomic E-state index is 0.110. The molecule has 68 valence electrons. The second kappa shape index (κ2) is 3.15. The van der Waals surface area contributed by atoms with Crippen LogP contribution in [-0.2, 0) is 0 Å². The summed E-state index contributed by atoms with van der Waals surface area (Å²) in [5, 5.41) is 0.799. The molecule has 1 nitrogen and oxygen atoms in total.